The molecule has 1 N–H and O–H groups in total. The van der Waals surface area contributed by atoms with E-state index in [-0.39, 0.29) is 11.9 Å². The van der Waals surface area contributed by atoms with Gasteiger partial charge in [-0.3, -0.25) is 4.79 Å². The summed E-state index contributed by atoms with van der Waals surface area (Å²) in [5.74, 6) is 0.995. The van der Waals surface area contributed by atoms with E-state index in [2.05, 4.69) is 38.5 Å². The quantitative estimate of drug-likeness (QED) is 0.318. The number of thiazole rings is 1. The molecule has 0 atom stereocenters. The van der Waals surface area contributed by atoms with E-state index in [1.807, 2.05) is 35.4 Å². The second kappa shape index (κ2) is 9.21. The Hall–Kier alpha value is -3.03. The van der Waals surface area contributed by atoms with Crippen LogP contribution < -0.4 is 5.32 Å². The van der Waals surface area contributed by atoms with E-state index in [0.717, 1.165) is 57.0 Å². The highest BCUT2D eigenvalue weighted by Crippen LogP contribution is 2.34. The van der Waals surface area contributed by atoms with Gasteiger partial charge in [0.15, 0.2) is 0 Å². The number of nitrogens with one attached hydrogen (secondary N) is 1. The van der Waals surface area contributed by atoms with Gasteiger partial charge in [-0.05, 0) is 73.6 Å². The minimum Gasteiger partial charge on any atom is -0.367 e. The molecular weight excluding hydrogens is 478 g/mol. The summed E-state index contributed by atoms with van der Waals surface area (Å²) in [5, 5.41) is 8.17. The summed E-state index contributed by atoms with van der Waals surface area (Å²) >= 11 is 8.21. The summed E-state index contributed by atoms with van der Waals surface area (Å²) < 4.78 is 0. The highest BCUT2D eigenvalue weighted by Gasteiger charge is 2.33. The lowest BCUT2D eigenvalue weighted by atomic mass is 10.0. The minimum atomic E-state index is 0.109. The molecule has 0 radical (unpaired) electrons. The lowest BCUT2D eigenvalue weighted by molar-refractivity contribution is -0.131. The molecule has 6 rings (SSSR count). The van der Waals surface area contributed by atoms with Gasteiger partial charge in [0, 0.05) is 34.4 Å². The molecule has 2 aliphatic rings. The average molecular weight is 504 g/mol. The number of halogens is 1. The number of carbonyl (C=O) groups is 1. The van der Waals surface area contributed by atoms with E-state index in [1.54, 1.807) is 17.7 Å². The lowest BCUT2D eigenvalue weighted by Gasteiger charge is -2.23. The first-order valence-corrected chi connectivity index (χ1v) is 13.3. The number of benzene rings is 2. The summed E-state index contributed by atoms with van der Waals surface area (Å²) in [7, 11) is 0. The lowest BCUT2D eigenvalue weighted by Crippen LogP contribution is -2.34. The predicted octanol–water partition coefficient (Wildman–Crippen LogP) is 6.02. The third-order valence-electron chi connectivity index (χ3n) is 6.58. The second-order valence-corrected chi connectivity index (χ2v) is 10.9. The number of anilines is 1. The molecule has 178 valence electrons. The van der Waals surface area contributed by atoms with Crippen LogP contribution in [0.1, 0.15) is 41.9 Å². The molecule has 1 amide bonds. The molecule has 0 spiro atoms. The first-order valence-electron chi connectivity index (χ1n) is 12.0. The molecule has 0 aliphatic heterocycles. The van der Waals surface area contributed by atoms with E-state index >= 15 is 0 Å². The van der Waals surface area contributed by atoms with Gasteiger partial charge in [-0.25, -0.2) is 15.0 Å². The van der Waals surface area contributed by atoms with Gasteiger partial charge in [-0.1, -0.05) is 23.7 Å². The van der Waals surface area contributed by atoms with Gasteiger partial charge < -0.3 is 10.2 Å². The van der Waals surface area contributed by atoms with Crippen molar-refractivity contribution in [1.29, 1.82) is 0 Å². The largest absolute Gasteiger partial charge is 0.367 e. The average Bonchev–Trinajstić information content (AvgIpc) is 3.79. The number of amides is 1. The van der Waals surface area contributed by atoms with Gasteiger partial charge in [0.25, 0.3) is 0 Å². The van der Waals surface area contributed by atoms with Crippen LogP contribution in [0.15, 0.2) is 48.1 Å². The maximum Gasteiger partial charge on any atom is 0.229 e. The van der Waals surface area contributed by atoms with Gasteiger partial charge >= 0.3 is 0 Å². The highest BCUT2D eigenvalue weighted by atomic mass is 35.5. The van der Waals surface area contributed by atoms with Crippen LogP contribution in [0, 0.1) is 6.92 Å². The molecule has 2 aromatic heterocycles. The molecule has 2 aromatic carbocycles. The zero-order valence-electron chi connectivity index (χ0n) is 19.5. The number of rotatable bonds is 8. The summed E-state index contributed by atoms with van der Waals surface area (Å²) in [6, 6.07) is 13.1. The molecule has 2 aliphatic carbocycles. The Labute approximate surface area is 213 Å². The van der Waals surface area contributed by atoms with Crippen LogP contribution in [0.2, 0.25) is 5.02 Å². The first kappa shape index (κ1) is 22.4. The third-order valence-corrected chi connectivity index (χ3v) is 7.77. The van der Waals surface area contributed by atoms with Crippen LogP contribution in [-0.4, -0.2) is 37.8 Å². The smallest absolute Gasteiger partial charge is 0.229 e. The zero-order valence-corrected chi connectivity index (χ0v) is 21.1. The molecule has 0 saturated heterocycles. The van der Waals surface area contributed by atoms with E-state index in [4.69, 9.17) is 11.6 Å². The van der Waals surface area contributed by atoms with Crippen LogP contribution in [-0.2, 0) is 17.8 Å². The van der Waals surface area contributed by atoms with Gasteiger partial charge in [-0.15, -0.1) is 11.3 Å². The molecule has 0 bridgehead atoms. The Bertz CT molecular complexity index is 1410. The monoisotopic (exact) mass is 503 g/mol. The summed E-state index contributed by atoms with van der Waals surface area (Å²) in [6.07, 6.45) is 6.40. The van der Waals surface area contributed by atoms with E-state index in [0.29, 0.717) is 24.0 Å². The normalized spacial score (nSPS) is 15.4. The summed E-state index contributed by atoms with van der Waals surface area (Å²) in [5.41, 5.74) is 4.86. The van der Waals surface area contributed by atoms with Crippen molar-refractivity contribution >= 4 is 45.6 Å². The van der Waals surface area contributed by atoms with Crippen molar-refractivity contribution in [1.82, 2.24) is 19.9 Å². The Balaban J connectivity index is 1.28. The summed E-state index contributed by atoms with van der Waals surface area (Å²) in [6.45, 7) is 2.47. The molecule has 8 heteroatoms. The Kier molecular flexibility index (Phi) is 5.90. The van der Waals surface area contributed by atoms with Crippen LogP contribution in [0.25, 0.3) is 22.0 Å². The number of nitrogens with zero attached hydrogens (tertiary/aromatic N) is 4. The van der Waals surface area contributed by atoms with Crippen molar-refractivity contribution in [3.05, 3.63) is 69.4 Å². The number of carbonyl (C=O) groups excluding carboxylic acids is 1. The fourth-order valence-corrected chi connectivity index (χ4v) is 5.17. The fraction of sp³-hybridized carbons (Fsp3) is 0.333. The second-order valence-electron chi connectivity index (χ2n) is 9.47. The molecule has 2 saturated carbocycles. The number of aryl methyl sites for hydroxylation is 1. The van der Waals surface area contributed by atoms with Crippen molar-refractivity contribution in [2.75, 3.05) is 5.32 Å². The van der Waals surface area contributed by atoms with Crippen LogP contribution in [0.5, 0.6) is 0 Å². The van der Waals surface area contributed by atoms with Crippen LogP contribution >= 0.6 is 22.9 Å². The van der Waals surface area contributed by atoms with Gasteiger partial charge in [0.1, 0.15) is 12.1 Å². The Morgan fingerprint density at radius 1 is 1.11 bits per heavy atom. The molecule has 2 heterocycles. The predicted molar refractivity (Wildman–Crippen MR) is 141 cm³/mol. The highest BCUT2D eigenvalue weighted by molar-refractivity contribution is 7.09. The van der Waals surface area contributed by atoms with Crippen molar-refractivity contribution in [3.8, 4) is 11.1 Å². The van der Waals surface area contributed by atoms with Crippen LogP contribution in [0.4, 0.5) is 5.82 Å². The molecule has 6 nitrogen and oxygen atoms in total. The topological polar surface area (TPSA) is 71.0 Å². The molecular formula is C27H26ClN5OS. The number of hydrogen-bond donors (Lipinski definition) is 1. The van der Waals surface area contributed by atoms with Crippen molar-refractivity contribution in [2.45, 2.75) is 57.7 Å². The van der Waals surface area contributed by atoms with E-state index in [9.17, 15) is 4.79 Å². The van der Waals surface area contributed by atoms with Gasteiger partial charge in [-0.2, -0.15) is 0 Å². The SMILES string of the molecule is Cc1nc(CC(=O)N(Cc2cc(-c3ccc4ncnc(NC5CC5)c4c3)ccc2Cl)C2CC2)cs1. The minimum absolute atomic E-state index is 0.109. The summed E-state index contributed by atoms with van der Waals surface area (Å²) in [4.78, 5) is 28.5. The number of aromatic nitrogens is 3. The molecule has 0 unspecified atom stereocenters. The van der Waals surface area contributed by atoms with E-state index in [1.165, 1.54) is 12.8 Å². The molecule has 35 heavy (non-hydrogen) atoms. The molecule has 2 fully saturated rings. The van der Waals surface area contributed by atoms with Crippen LogP contribution in [0.3, 0.4) is 0 Å². The van der Waals surface area contributed by atoms with Gasteiger partial charge in [0.2, 0.25) is 5.91 Å². The zero-order chi connectivity index (χ0) is 23.9. The number of fused-ring (bicyclic) bond motifs is 1. The number of hydrogen-bond acceptors (Lipinski definition) is 6. The first-order chi connectivity index (χ1) is 17.0. The maximum absolute atomic E-state index is 13.2. The van der Waals surface area contributed by atoms with Crippen molar-refractivity contribution < 1.29 is 4.79 Å². The maximum atomic E-state index is 13.2. The standard InChI is InChI=1S/C27H26ClN5OS/c1-16-31-21(14-35-16)12-26(34)33(22-6-7-22)13-19-10-17(2-8-24(19)28)18-3-9-25-23(11-18)27(30-15-29-25)32-20-4-5-20/h2-3,8-11,14-15,20,22H,4-7,12-13H2,1H3,(H,29,30,32). The van der Waals surface area contributed by atoms with Gasteiger partial charge in [0.05, 0.1) is 22.6 Å². The van der Waals surface area contributed by atoms with Crippen molar-refractivity contribution in [3.63, 3.8) is 0 Å². The molecule has 4 aromatic rings. The van der Waals surface area contributed by atoms with E-state index < -0.39 is 0 Å². The Morgan fingerprint density at radius 2 is 1.91 bits per heavy atom. The fourth-order valence-electron chi connectivity index (χ4n) is 4.38. The Morgan fingerprint density at radius 3 is 2.66 bits per heavy atom. The third kappa shape index (κ3) is 5.02. The van der Waals surface area contributed by atoms with Crippen molar-refractivity contribution in [2.24, 2.45) is 0 Å².